The van der Waals surface area contributed by atoms with Crippen LogP contribution in [0.2, 0.25) is 0 Å². The van der Waals surface area contributed by atoms with E-state index >= 15 is 0 Å². The standard InChI is InChI=1S/C29H37N9O3/c30-28(31)27-25(15-24(36-37-27)23-3-1-2-4-26(23)39)35-18-7-11-38(12-8-18)29-33-16-22(17-34-29)41-21-13-20(14-21)40-19-5-9-32-10-6-19/h1-4,15-21,32,39H,5-14H2,(H3,30,31)(H,35,36)/t20-,21-. The Bertz CT molecular complexity index is 1340. The molecule has 0 unspecified atom stereocenters. The van der Waals surface area contributed by atoms with Crippen LogP contribution in [0.3, 0.4) is 0 Å². The van der Waals surface area contributed by atoms with E-state index in [2.05, 4.69) is 35.7 Å². The molecule has 0 atom stereocenters. The fraction of sp³-hybridized carbons (Fsp3) is 0.483. The Labute approximate surface area is 239 Å². The summed E-state index contributed by atoms with van der Waals surface area (Å²) in [6, 6.07) is 8.90. The Morgan fingerprint density at radius 3 is 2.44 bits per heavy atom. The summed E-state index contributed by atoms with van der Waals surface area (Å²) in [7, 11) is 0. The third kappa shape index (κ3) is 6.49. The zero-order valence-electron chi connectivity index (χ0n) is 23.0. The lowest BCUT2D eigenvalue weighted by Crippen LogP contribution is -2.43. The van der Waals surface area contributed by atoms with Gasteiger partial charge in [-0.15, -0.1) is 10.2 Å². The number of benzene rings is 1. The summed E-state index contributed by atoms with van der Waals surface area (Å²) in [5.74, 6) is 1.33. The second-order valence-electron chi connectivity index (χ2n) is 11.0. The number of anilines is 2. The summed E-state index contributed by atoms with van der Waals surface area (Å²) in [4.78, 5) is 11.3. The van der Waals surface area contributed by atoms with Crippen molar-refractivity contribution in [3.63, 3.8) is 0 Å². The summed E-state index contributed by atoms with van der Waals surface area (Å²) in [5.41, 5.74) is 7.78. The second kappa shape index (κ2) is 12.2. The highest BCUT2D eigenvalue weighted by Crippen LogP contribution is 2.32. The van der Waals surface area contributed by atoms with Crippen LogP contribution < -0.4 is 26.0 Å². The number of hydrogen-bond acceptors (Lipinski definition) is 11. The van der Waals surface area contributed by atoms with E-state index < -0.39 is 0 Å². The molecule has 3 fully saturated rings. The van der Waals surface area contributed by atoms with Crippen molar-refractivity contribution in [2.24, 2.45) is 5.73 Å². The molecule has 3 aliphatic rings. The average molecular weight is 560 g/mol. The molecule has 41 heavy (non-hydrogen) atoms. The predicted octanol–water partition coefficient (Wildman–Crippen LogP) is 2.68. The maximum atomic E-state index is 10.2. The largest absolute Gasteiger partial charge is 0.507 e. The first-order valence-corrected chi connectivity index (χ1v) is 14.4. The van der Waals surface area contributed by atoms with Gasteiger partial charge < -0.3 is 35.8 Å². The summed E-state index contributed by atoms with van der Waals surface area (Å²) in [6.07, 6.45) is 10.0. The van der Waals surface area contributed by atoms with E-state index in [-0.39, 0.29) is 23.7 Å². The number of aromatic nitrogens is 4. The molecule has 2 aromatic heterocycles. The van der Waals surface area contributed by atoms with Gasteiger partial charge in [0.15, 0.2) is 11.4 Å². The number of ether oxygens (including phenoxy) is 2. The third-order valence-corrected chi connectivity index (χ3v) is 8.01. The van der Waals surface area contributed by atoms with Crippen LogP contribution in [0.15, 0.2) is 42.7 Å². The molecule has 6 N–H and O–H groups in total. The highest BCUT2D eigenvalue weighted by molar-refractivity contribution is 5.98. The molecule has 0 bridgehead atoms. The van der Waals surface area contributed by atoms with Gasteiger partial charge in [-0.25, -0.2) is 9.97 Å². The van der Waals surface area contributed by atoms with Crippen molar-refractivity contribution in [3.05, 3.63) is 48.4 Å². The van der Waals surface area contributed by atoms with E-state index in [9.17, 15) is 5.11 Å². The molecule has 0 spiro atoms. The van der Waals surface area contributed by atoms with Crippen LogP contribution in [-0.2, 0) is 4.74 Å². The average Bonchev–Trinajstić information content (AvgIpc) is 2.97. The van der Waals surface area contributed by atoms with Crippen molar-refractivity contribution in [1.29, 1.82) is 5.41 Å². The van der Waals surface area contributed by atoms with Crippen LogP contribution in [-0.4, -0.2) is 81.6 Å². The summed E-state index contributed by atoms with van der Waals surface area (Å²) < 4.78 is 12.3. The maximum absolute atomic E-state index is 10.2. The Kier molecular flexibility index (Phi) is 8.10. The third-order valence-electron chi connectivity index (χ3n) is 8.01. The normalized spacial score (nSPS) is 21.7. The number of nitrogens with one attached hydrogen (secondary N) is 3. The van der Waals surface area contributed by atoms with Gasteiger partial charge in [-0.05, 0) is 57.0 Å². The number of phenolic OH excluding ortho intramolecular Hbond substituents is 1. The molecule has 0 amide bonds. The fourth-order valence-electron chi connectivity index (χ4n) is 5.62. The molecule has 2 aliphatic heterocycles. The maximum Gasteiger partial charge on any atom is 0.225 e. The number of hydrogen-bond donors (Lipinski definition) is 5. The van der Waals surface area contributed by atoms with Crippen LogP contribution in [0.4, 0.5) is 11.6 Å². The first-order valence-electron chi connectivity index (χ1n) is 14.4. The molecule has 2 saturated heterocycles. The molecular weight excluding hydrogens is 522 g/mol. The van der Waals surface area contributed by atoms with Crippen molar-refractivity contribution in [1.82, 2.24) is 25.5 Å². The topological polar surface area (TPSA) is 167 Å². The molecule has 12 nitrogen and oxygen atoms in total. The SMILES string of the molecule is N=C(N)c1nnc(-c2ccccc2O)cc1NC1CCN(c2ncc(O[C@H]3C[C@H](OC4CCNCC4)C3)cn2)CC1. The monoisotopic (exact) mass is 559 g/mol. The van der Waals surface area contributed by atoms with Gasteiger partial charge in [0, 0.05) is 37.5 Å². The highest BCUT2D eigenvalue weighted by atomic mass is 16.5. The number of para-hydroxylation sites is 1. The number of amidine groups is 1. The first kappa shape index (κ1) is 27.2. The van der Waals surface area contributed by atoms with Gasteiger partial charge in [-0.3, -0.25) is 5.41 Å². The van der Waals surface area contributed by atoms with Crippen LogP contribution in [0.25, 0.3) is 11.3 Å². The molecule has 1 aliphatic carbocycles. The van der Waals surface area contributed by atoms with E-state index in [1.54, 1.807) is 36.7 Å². The summed E-state index contributed by atoms with van der Waals surface area (Å²) in [5, 5.41) is 33.4. The zero-order valence-corrected chi connectivity index (χ0v) is 23.0. The van der Waals surface area contributed by atoms with E-state index in [0.29, 0.717) is 46.5 Å². The van der Waals surface area contributed by atoms with Crippen LogP contribution in [0.1, 0.15) is 44.2 Å². The van der Waals surface area contributed by atoms with Crippen molar-refractivity contribution >= 4 is 17.5 Å². The number of piperidine rings is 2. The van der Waals surface area contributed by atoms with Crippen LogP contribution >= 0.6 is 0 Å². The molecule has 4 heterocycles. The smallest absolute Gasteiger partial charge is 0.225 e. The molecule has 12 heteroatoms. The first-order chi connectivity index (χ1) is 20.0. The molecule has 1 saturated carbocycles. The molecule has 216 valence electrons. The van der Waals surface area contributed by atoms with Gasteiger partial charge in [0.05, 0.1) is 36.0 Å². The summed E-state index contributed by atoms with van der Waals surface area (Å²) >= 11 is 0. The summed E-state index contributed by atoms with van der Waals surface area (Å²) in [6.45, 7) is 3.63. The van der Waals surface area contributed by atoms with Crippen molar-refractivity contribution in [2.45, 2.75) is 62.9 Å². The Hall–Kier alpha value is -4.03. The molecule has 0 radical (unpaired) electrons. The highest BCUT2D eigenvalue weighted by Gasteiger charge is 2.34. The van der Waals surface area contributed by atoms with Crippen molar-refractivity contribution in [3.8, 4) is 22.8 Å². The molecule has 6 rings (SSSR count). The van der Waals surface area contributed by atoms with Crippen LogP contribution in [0, 0.1) is 5.41 Å². The minimum atomic E-state index is -0.163. The zero-order chi connectivity index (χ0) is 28.2. The molecular formula is C29H37N9O3. The van der Waals surface area contributed by atoms with Gasteiger partial charge in [0.1, 0.15) is 17.7 Å². The van der Waals surface area contributed by atoms with Gasteiger partial charge in [0.2, 0.25) is 5.95 Å². The minimum absolute atomic E-state index is 0.117. The van der Waals surface area contributed by atoms with Gasteiger partial charge in [-0.2, -0.15) is 0 Å². The van der Waals surface area contributed by atoms with Gasteiger partial charge in [-0.1, -0.05) is 12.1 Å². The van der Waals surface area contributed by atoms with Crippen molar-refractivity contribution < 1.29 is 14.6 Å². The predicted molar refractivity (Wildman–Crippen MR) is 155 cm³/mol. The number of aromatic hydroxyl groups is 1. The van der Waals surface area contributed by atoms with E-state index in [1.165, 1.54) is 0 Å². The van der Waals surface area contributed by atoms with E-state index in [0.717, 1.165) is 64.7 Å². The Morgan fingerprint density at radius 1 is 1.00 bits per heavy atom. The van der Waals surface area contributed by atoms with Crippen molar-refractivity contribution in [2.75, 3.05) is 36.4 Å². The van der Waals surface area contributed by atoms with E-state index in [4.69, 9.17) is 20.6 Å². The lowest BCUT2D eigenvalue weighted by Gasteiger charge is -2.38. The molecule has 1 aromatic carbocycles. The second-order valence-corrected chi connectivity index (χ2v) is 11.0. The van der Waals surface area contributed by atoms with Gasteiger partial charge in [0.25, 0.3) is 0 Å². The van der Waals surface area contributed by atoms with Crippen LogP contribution in [0.5, 0.6) is 11.5 Å². The van der Waals surface area contributed by atoms with Gasteiger partial charge >= 0.3 is 0 Å². The number of rotatable bonds is 9. The molecule has 3 aromatic rings. The number of nitrogens with two attached hydrogens (primary N) is 1. The lowest BCUT2D eigenvalue weighted by atomic mass is 9.91. The Balaban J connectivity index is 1.00. The lowest BCUT2D eigenvalue weighted by molar-refractivity contribution is -0.103. The minimum Gasteiger partial charge on any atom is -0.507 e. The Morgan fingerprint density at radius 2 is 1.73 bits per heavy atom. The van der Waals surface area contributed by atoms with E-state index in [1.807, 2.05) is 6.07 Å². The number of nitrogens with zero attached hydrogens (tertiary/aromatic N) is 5. The quantitative estimate of drug-likeness (QED) is 0.193. The fourth-order valence-corrected chi connectivity index (χ4v) is 5.62. The number of nitrogen functional groups attached to an aromatic ring is 1. The number of phenols is 1.